The normalized spacial score (nSPS) is 21.7. The highest BCUT2D eigenvalue weighted by Gasteiger charge is 2.24. The lowest BCUT2D eigenvalue weighted by Gasteiger charge is -2.30. The summed E-state index contributed by atoms with van der Waals surface area (Å²) in [5, 5.41) is 8.70. The fourth-order valence-electron chi connectivity index (χ4n) is 2.96. The highest BCUT2D eigenvalue weighted by atomic mass is 19.1. The number of aliphatic hydroxyl groups is 1. The van der Waals surface area contributed by atoms with Crippen molar-refractivity contribution in [3.63, 3.8) is 0 Å². The molecule has 3 heteroatoms. The van der Waals surface area contributed by atoms with Gasteiger partial charge in [0.15, 0.2) is 0 Å². The molecule has 1 fully saturated rings. The van der Waals surface area contributed by atoms with Crippen LogP contribution in [0.5, 0.6) is 0 Å². The highest BCUT2D eigenvalue weighted by molar-refractivity contribution is 5.38. The molecule has 0 bridgehead atoms. The third kappa shape index (κ3) is 4.56. The summed E-state index contributed by atoms with van der Waals surface area (Å²) in [7, 11) is 0. The standard InChI is InChI=1S/C18H23FO2/c1-2-15-6-3-4-8-18(15)21-13-14-9-10-17(19)16(12-14)7-5-11-20/h9-10,12,15,18,20H,2-4,6,8,11,13H2,1H3. The monoisotopic (exact) mass is 290 g/mol. The van der Waals surface area contributed by atoms with Crippen LogP contribution < -0.4 is 0 Å². The van der Waals surface area contributed by atoms with Gasteiger partial charge in [-0.2, -0.15) is 0 Å². The van der Waals surface area contributed by atoms with E-state index in [0.29, 0.717) is 24.2 Å². The average Bonchev–Trinajstić information content (AvgIpc) is 2.53. The van der Waals surface area contributed by atoms with Crippen LogP contribution in [0.2, 0.25) is 0 Å². The van der Waals surface area contributed by atoms with E-state index in [0.717, 1.165) is 18.4 Å². The van der Waals surface area contributed by atoms with Crippen molar-refractivity contribution in [3.05, 3.63) is 35.1 Å². The van der Waals surface area contributed by atoms with Crippen LogP contribution >= 0.6 is 0 Å². The molecule has 114 valence electrons. The highest BCUT2D eigenvalue weighted by Crippen LogP contribution is 2.29. The van der Waals surface area contributed by atoms with E-state index in [1.165, 1.54) is 25.3 Å². The largest absolute Gasteiger partial charge is 0.384 e. The van der Waals surface area contributed by atoms with Gasteiger partial charge in [0.2, 0.25) is 0 Å². The Kier molecular flexibility index (Phi) is 6.22. The molecule has 0 spiro atoms. The van der Waals surface area contributed by atoms with E-state index in [1.54, 1.807) is 12.1 Å². The van der Waals surface area contributed by atoms with E-state index in [2.05, 4.69) is 18.8 Å². The Morgan fingerprint density at radius 3 is 2.90 bits per heavy atom. The van der Waals surface area contributed by atoms with E-state index >= 15 is 0 Å². The van der Waals surface area contributed by atoms with E-state index in [-0.39, 0.29) is 12.4 Å². The number of aliphatic hydroxyl groups excluding tert-OH is 1. The quantitative estimate of drug-likeness (QED) is 0.858. The first-order valence-electron chi connectivity index (χ1n) is 7.74. The van der Waals surface area contributed by atoms with Gasteiger partial charge in [-0.05, 0) is 36.5 Å². The molecule has 2 rings (SSSR count). The van der Waals surface area contributed by atoms with Gasteiger partial charge in [0, 0.05) is 0 Å². The lowest BCUT2D eigenvalue weighted by atomic mass is 9.85. The molecule has 2 unspecified atom stereocenters. The molecule has 1 saturated carbocycles. The van der Waals surface area contributed by atoms with Crippen molar-refractivity contribution in [2.24, 2.45) is 5.92 Å². The van der Waals surface area contributed by atoms with Crippen molar-refractivity contribution in [2.75, 3.05) is 6.61 Å². The van der Waals surface area contributed by atoms with Crippen LogP contribution in [0.3, 0.4) is 0 Å². The summed E-state index contributed by atoms with van der Waals surface area (Å²) in [6.45, 7) is 2.45. The predicted molar refractivity (Wildman–Crippen MR) is 81.2 cm³/mol. The minimum Gasteiger partial charge on any atom is -0.384 e. The Bertz CT molecular complexity index is 516. The maximum atomic E-state index is 13.6. The van der Waals surface area contributed by atoms with Gasteiger partial charge in [-0.15, -0.1) is 0 Å². The third-order valence-electron chi connectivity index (χ3n) is 4.16. The molecule has 0 radical (unpaired) electrons. The Morgan fingerprint density at radius 1 is 1.33 bits per heavy atom. The topological polar surface area (TPSA) is 29.5 Å². The minimum absolute atomic E-state index is 0.263. The first-order valence-corrected chi connectivity index (χ1v) is 7.74. The molecule has 1 aliphatic rings. The van der Waals surface area contributed by atoms with E-state index in [1.807, 2.05) is 0 Å². The molecule has 0 heterocycles. The zero-order valence-electron chi connectivity index (χ0n) is 12.6. The van der Waals surface area contributed by atoms with Crippen LogP contribution in [0.1, 0.15) is 50.2 Å². The summed E-state index contributed by atoms with van der Waals surface area (Å²) >= 11 is 0. The SMILES string of the molecule is CCC1CCCCC1OCc1ccc(F)c(C#CCO)c1. The summed E-state index contributed by atoms with van der Waals surface area (Å²) < 4.78 is 19.6. The Labute approximate surface area is 126 Å². The van der Waals surface area contributed by atoms with Crippen molar-refractivity contribution in [1.29, 1.82) is 0 Å². The number of benzene rings is 1. The Hall–Kier alpha value is -1.37. The lowest BCUT2D eigenvalue weighted by Crippen LogP contribution is -2.27. The summed E-state index contributed by atoms with van der Waals surface area (Å²) in [6.07, 6.45) is 6.38. The number of hydrogen-bond donors (Lipinski definition) is 1. The molecule has 21 heavy (non-hydrogen) atoms. The van der Waals surface area contributed by atoms with Gasteiger partial charge in [-0.3, -0.25) is 0 Å². The first-order chi connectivity index (χ1) is 10.2. The fourth-order valence-corrected chi connectivity index (χ4v) is 2.96. The van der Waals surface area contributed by atoms with Gasteiger partial charge in [-0.1, -0.05) is 44.1 Å². The van der Waals surface area contributed by atoms with Gasteiger partial charge < -0.3 is 9.84 Å². The van der Waals surface area contributed by atoms with Crippen LogP contribution in [-0.4, -0.2) is 17.8 Å². The Morgan fingerprint density at radius 2 is 2.14 bits per heavy atom. The second kappa shape index (κ2) is 8.17. The number of halogens is 1. The van der Waals surface area contributed by atoms with Gasteiger partial charge in [0.25, 0.3) is 0 Å². The first kappa shape index (κ1) is 16.0. The summed E-state index contributed by atoms with van der Waals surface area (Å²) in [6, 6.07) is 4.86. The van der Waals surface area contributed by atoms with Crippen LogP contribution in [-0.2, 0) is 11.3 Å². The van der Waals surface area contributed by atoms with Crippen molar-refractivity contribution < 1.29 is 14.2 Å². The molecular formula is C18H23FO2. The number of hydrogen-bond acceptors (Lipinski definition) is 2. The zero-order valence-corrected chi connectivity index (χ0v) is 12.6. The van der Waals surface area contributed by atoms with E-state index < -0.39 is 0 Å². The van der Waals surface area contributed by atoms with E-state index in [9.17, 15) is 4.39 Å². The average molecular weight is 290 g/mol. The van der Waals surface area contributed by atoms with Crippen LogP contribution in [0, 0.1) is 23.6 Å². The lowest BCUT2D eigenvalue weighted by molar-refractivity contribution is -0.0222. The summed E-state index contributed by atoms with van der Waals surface area (Å²) in [5.74, 6) is 5.40. The summed E-state index contributed by atoms with van der Waals surface area (Å²) in [4.78, 5) is 0. The van der Waals surface area contributed by atoms with Crippen molar-refractivity contribution >= 4 is 0 Å². The fraction of sp³-hybridized carbons (Fsp3) is 0.556. The maximum Gasteiger partial charge on any atom is 0.138 e. The molecule has 1 aromatic rings. The molecule has 1 N–H and O–H groups in total. The molecule has 1 aromatic carbocycles. The van der Waals surface area contributed by atoms with Gasteiger partial charge in [0.1, 0.15) is 12.4 Å². The van der Waals surface area contributed by atoms with Crippen LogP contribution in [0.15, 0.2) is 18.2 Å². The molecule has 2 atom stereocenters. The second-order valence-electron chi connectivity index (χ2n) is 5.58. The molecule has 0 saturated heterocycles. The smallest absolute Gasteiger partial charge is 0.138 e. The molecule has 2 nitrogen and oxygen atoms in total. The third-order valence-corrected chi connectivity index (χ3v) is 4.16. The maximum absolute atomic E-state index is 13.6. The number of rotatable bonds is 4. The van der Waals surface area contributed by atoms with Crippen molar-refractivity contribution in [3.8, 4) is 11.8 Å². The van der Waals surface area contributed by atoms with Crippen molar-refractivity contribution in [2.45, 2.75) is 51.7 Å². The summed E-state index contributed by atoms with van der Waals surface area (Å²) in [5.41, 5.74) is 1.25. The van der Waals surface area contributed by atoms with Crippen LogP contribution in [0.25, 0.3) is 0 Å². The van der Waals surface area contributed by atoms with Crippen molar-refractivity contribution in [1.82, 2.24) is 0 Å². The van der Waals surface area contributed by atoms with Gasteiger partial charge >= 0.3 is 0 Å². The molecule has 0 aromatic heterocycles. The van der Waals surface area contributed by atoms with E-state index in [4.69, 9.17) is 9.84 Å². The Balaban J connectivity index is 1.99. The van der Waals surface area contributed by atoms with Gasteiger partial charge in [0.05, 0.1) is 18.3 Å². The minimum atomic E-state index is -0.358. The molecular weight excluding hydrogens is 267 g/mol. The molecule has 0 amide bonds. The molecule has 1 aliphatic carbocycles. The van der Waals surface area contributed by atoms with Gasteiger partial charge in [-0.25, -0.2) is 4.39 Å². The number of ether oxygens (including phenoxy) is 1. The van der Waals surface area contributed by atoms with Crippen LogP contribution in [0.4, 0.5) is 4.39 Å². The molecule has 0 aliphatic heterocycles. The predicted octanol–water partition coefficient (Wildman–Crippen LogP) is 3.65. The zero-order chi connectivity index (χ0) is 15.1. The second-order valence-corrected chi connectivity index (χ2v) is 5.58.